The van der Waals surface area contributed by atoms with Gasteiger partial charge in [0.25, 0.3) is 5.91 Å². The smallest absolute Gasteiger partial charge is 0.328 e. The minimum absolute atomic E-state index is 0.0463. The monoisotopic (exact) mass is 271 g/mol. The van der Waals surface area contributed by atoms with Crippen molar-refractivity contribution in [2.75, 3.05) is 5.32 Å². The summed E-state index contributed by atoms with van der Waals surface area (Å²) in [5.41, 5.74) is 0. The Balaban J connectivity index is 2.10. The maximum absolute atomic E-state index is 11.5. The molecule has 0 fully saturated rings. The highest BCUT2D eigenvalue weighted by molar-refractivity contribution is 9.10. The molecule has 7 heteroatoms. The van der Waals surface area contributed by atoms with Gasteiger partial charge in [-0.2, -0.15) is 4.98 Å². The van der Waals surface area contributed by atoms with Crippen molar-refractivity contribution in [1.29, 1.82) is 0 Å². The van der Waals surface area contributed by atoms with Gasteiger partial charge in [0.2, 0.25) is 0 Å². The fraction of sp³-hybridized carbons (Fsp3) is 0.125. The summed E-state index contributed by atoms with van der Waals surface area (Å²) in [5, 5.41) is 5.93. The van der Waals surface area contributed by atoms with Crippen LogP contribution in [0.2, 0.25) is 0 Å². The molecule has 0 saturated carbocycles. The minimum atomic E-state index is -0.440. The van der Waals surface area contributed by atoms with Crippen molar-refractivity contribution in [3.63, 3.8) is 0 Å². The van der Waals surface area contributed by atoms with E-state index in [0.717, 1.165) is 0 Å². The number of rotatable bonds is 2. The molecular formula is C8H6BrN3O3. The van der Waals surface area contributed by atoms with Gasteiger partial charge in [-0.3, -0.25) is 10.1 Å². The summed E-state index contributed by atoms with van der Waals surface area (Å²) in [7, 11) is 0. The Hall–Kier alpha value is -1.63. The largest absolute Gasteiger partial charge is 0.444 e. The molecule has 0 aliphatic rings. The van der Waals surface area contributed by atoms with E-state index in [4.69, 9.17) is 8.94 Å². The first-order chi connectivity index (χ1) is 7.15. The van der Waals surface area contributed by atoms with Crippen LogP contribution in [0.5, 0.6) is 0 Å². The second-order valence-corrected chi connectivity index (χ2v) is 3.49. The van der Waals surface area contributed by atoms with Crippen LogP contribution in [0.15, 0.2) is 25.7 Å². The molecule has 0 radical (unpaired) electrons. The van der Waals surface area contributed by atoms with E-state index in [0.29, 0.717) is 10.5 Å². The molecule has 6 nitrogen and oxygen atoms in total. The zero-order valence-corrected chi connectivity index (χ0v) is 9.24. The van der Waals surface area contributed by atoms with Gasteiger partial charge in [-0.1, -0.05) is 5.16 Å². The molecule has 1 amide bonds. The molecule has 0 bridgehead atoms. The average molecular weight is 272 g/mol. The molecule has 2 heterocycles. The number of carbonyl (C=O) groups is 1. The maximum atomic E-state index is 11.5. The zero-order chi connectivity index (χ0) is 10.8. The lowest BCUT2D eigenvalue weighted by molar-refractivity contribution is 0.0991. The highest BCUT2D eigenvalue weighted by Gasteiger charge is 2.13. The van der Waals surface area contributed by atoms with E-state index in [2.05, 4.69) is 31.4 Å². The van der Waals surface area contributed by atoms with Crippen molar-refractivity contribution in [3.05, 3.63) is 28.4 Å². The summed E-state index contributed by atoms with van der Waals surface area (Å²) in [5.74, 6) is 0.174. The Morgan fingerprint density at radius 1 is 1.53 bits per heavy atom. The quantitative estimate of drug-likeness (QED) is 0.903. The Labute approximate surface area is 92.8 Å². The fourth-order valence-electron chi connectivity index (χ4n) is 0.943. The molecule has 15 heavy (non-hydrogen) atoms. The normalized spacial score (nSPS) is 10.3. The molecular weight excluding hydrogens is 266 g/mol. The summed E-state index contributed by atoms with van der Waals surface area (Å²) >= 11 is 3.09. The van der Waals surface area contributed by atoms with Gasteiger partial charge in [0.05, 0.1) is 0 Å². The van der Waals surface area contributed by atoms with Crippen LogP contribution in [-0.2, 0) is 0 Å². The molecule has 0 spiro atoms. The summed E-state index contributed by atoms with van der Waals surface area (Å²) < 4.78 is 10.2. The second kappa shape index (κ2) is 3.85. The third kappa shape index (κ3) is 2.24. The lowest BCUT2D eigenvalue weighted by Gasteiger charge is -1.94. The van der Waals surface area contributed by atoms with Crippen LogP contribution >= 0.6 is 15.9 Å². The first-order valence-corrected chi connectivity index (χ1v) is 4.81. The van der Waals surface area contributed by atoms with E-state index in [1.165, 1.54) is 6.07 Å². The van der Waals surface area contributed by atoms with Gasteiger partial charge in [0, 0.05) is 0 Å². The molecule has 1 N–H and O–H groups in total. The number of hydrogen-bond donors (Lipinski definition) is 1. The van der Waals surface area contributed by atoms with E-state index in [-0.39, 0.29) is 11.8 Å². The van der Waals surface area contributed by atoms with E-state index in [1.54, 1.807) is 13.0 Å². The zero-order valence-electron chi connectivity index (χ0n) is 7.65. The third-order valence-electron chi connectivity index (χ3n) is 1.55. The molecule has 2 aromatic heterocycles. The SMILES string of the molecule is Cc1noc(NC(=O)c2ccc(Br)o2)n1. The maximum Gasteiger partial charge on any atom is 0.328 e. The van der Waals surface area contributed by atoms with Gasteiger partial charge in [-0.15, -0.1) is 0 Å². The number of hydrogen-bond acceptors (Lipinski definition) is 5. The van der Waals surface area contributed by atoms with Gasteiger partial charge in [0.1, 0.15) is 0 Å². The van der Waals surface area contributed by atoms with Crippen LogP contribution in [0, 0.1) is 6.92 Å². The fourth-order valence-corrected chi connectivity index (χ4v) is 1.25. The van der Waals surface area contributed by atoms with E-state index < -0.39 is 5.91 Å². The first kappa shape index (κ1) is 9.91. The predicted octanol–water partition coefficient (Wildman–Crippen LogP) is 1.99. The second-order valence-electron chi connectivity index (χ2n) is 2.70. The number of aryl methyl sites for hydroxylation is 1. The van der Waals surface area contributed by atoms with Crippen molar-refractivity contribution < 1.29 is 13.7 Å². The van der Waals surface area contributed by atoms with Gasteiger partial charge >= 0.3 is 6.01 Å². The van der Waals surface area contributed by atoms with Crippen molar-refractivity contribution in [2.45, 2.75) is 6.92 Å². The molecule has 0 atom stereocenters. The summed E-state index contributed by atoms with van der Waals surface area (Å²) in [6, 6.07) is 3.20. The molecule has 0 aromatic carbocycles. The summed E-state index contributed by atoms with van der Waals surface area (Å²) in [6.07, 6.45) is 0. The topological polar surface area (TPSA) is 81.2 Å². The highest BCUT2D eigenvalue weighted by Crippen LogP contribution is 2.15. The van der Waals surface area contributed by atoms with E-state index >= 15 is 0 Å². The van der Waals surface area contributed by atoms with Gasteiger partial charge in [-0.25, -0.2) is 0 Å². The Morgan fingerprint density at radius 3 is 2.87 bits per heavy atom. The number of furan rings is 1. The number of nitrogens with one attached hydrogen (secondary N) is 1. The van der Waals surface area contributed by atoms with Crippen LogP contribution < -0.4 is 5.32 Å². The molecule has 0 saturated heterocycles. The van der Waals surface area contributed by atoms with E-state index in [1.807, 2.05) is 0 Å². The van der Waals surface area contributed by atoms with Crippen molar-refractivity contribution in [3.8, 4) is 0 Å². The molecule has 0 unspecified atom stereocenters. The van der Waals surface area contributed by atoms with Crippen LogP contribution in [0.25, 0.3) is 0 Å². The van der Waals surface area contributed by atoms with Crippen molar-refractivity contribution >= 4 is 27.9 Å². The lowest BCUT2D eigenvalue weighted by atomic mass is 10.4. The van der Waals surface area contributed by atoms with Crippen LogP contribution in [0.1, 0.15) is 16.4 Å². The molecule has 78 valence electrons. The predicted molar refractivity (Wildman–Crippen MR) is 53.4 cm³/mol. The Morgan fingerprint density at radius 2 is 2.33 bits per heavy atom. The summed E-state index contributed by atoms with van der Waals surface area (Å²) in [6.45, 7) is 1.66. The van der Waals surface area contributed by atoms with Crippen LogP contribution in [0.4, 0.5) is 6.01 Å². The third-order valence-corrected chi connectivity index (χ3v) is 1.97. The number of amides is 1. The van der Waals surface area contributed by atoms with E-state index in [9.17, 15) is 4.79 Å². The molecule has 2 aromatic rings. The average Bonchev–Trinajstić information content (AvgIpc) is 2.75. The first-order valence-electron chi connectivity index (χ1n) is 4.02. The molecule has 0 aliphatic heterocycles. The Bertz CT molecular complexity index is 491. The molecule has 2 rings (SSSR count). The standard InChI is InChI=1S/C8H6BrN3O3/c1-4-10-8(15-12-4)11-7(13)5-2-3-6(9)14-5/h2-3H,1H3,(H,10,11,12,13). The Kier molecular flexibility index (Phi) is 2.55. The number of halogens is 1. The minimum Gasteiger partial charge on any atom is -0.444 e. The van der Waals surface area contributed by atoms with Crippen molar-refractivity contribution in [1.82, 2.24) is 10.1 Å². The lowest BCUT2D eigenvalue weighted by Crippen LogP contribution is -2.10. The van der Waals surface area contributed by atoms with Gasteiger partial charge in [0.15, 0.2) is 16.3 Å². The number of aromatic nitrogens is 2. The van der Waals surface area contributed by atoms with Gasteiger partial charge in [-0.05, 0) is 35.0 Å². The number of carbonyl (C=O) groups excluding carboxylic acids is 1. The summed E-state index contributed by atoms with van der Waals surface area (Å²) in [4.78, 5) is 15.3. The van der Waals surface area contributed by atoms with Crippen LogP contribution in [0.3, 0.4) is 0 Å². The molecule has 0 aliphatic carbocycles. The van der Waals surface area contributed by atoms with Gasteiger partial charge < -0.3 is 8.94 Å². The highest BCUT2D eigenvalue weighted by atomic mass is 79.9. The number of nitrogens with zero attached hydrogens (tertiary/aromatic N) is 2. The van der Waals surface area contributed by atoms with Crippen LogP contribution in [-0.4, -0.2) is 16.0 Å². The van der Waals surface area contributed by atoms with Crippen molar-refractivity contribution in [2.24, 2.45) is 0 Å². The number of anilines is 1.